The normalized spacial score (nSPS) is 21.1. The molecule has 0 aromatic carbocycles. The van der Waals surface area contributed by atoms with Crippen LogP contribution in [0.25, 0.3) is 0 Å². The van der Waals surface area contributed by atoms with Gasteiger partial charge in [-0.15, -0.1) is 34.2 Å². The molecule has 1 saturated heterocycles. The highest BCUT2D eigenvalue weighted by atomic mass is 127. The van der Waals surface area contributed by atoms with Crippen LogP contribution >= 0.6 is 35.7 Å². The molecule has 7 nitrogen and oxygen atoms in total. The van der Waals surface area contributed by atoms with Gasteiger partial charge < -0.3 is 20.3 Å². The second kappa shape index (κ2) is 10.3. The minimum atomic E-state index is -0.642. The van der Waals surface area contributed by atoms with Gasteiger partial charge in [0, 0.05) is 31.8 Å². The fourth-order valence-electron chi connectivity index (χ4n) is 2.32. The van der Waals surface area contributed by atoms with Crippen LogP contribution in [0, 0.1) is 0 Å². The molecular formula is C14H27IN6OS. The van der Waals surface area contributed by atoms with Gasteiger partial charge in [-0.05, 0) is 19.1 Å². The largest absolute Gasteiger partial charge is 0.387 e. The molecule has 0 amide bonds. The van der Waals surface area contributed by atoms with E-state index in [0.29, 0.717) is 6.54 Å². The minimum absolute atomic E-state index is 0. The molecule has 2 heterocycles. The number of hydrogen-bond acceptors (Lipinski definition) is 5. The van der Waals surface area contributed by atoms with E-state index in [0.717, 1.165) is 55.8 Å². The fraction of sp³-hybridized carbons (Fsp3) is 0.786. The molecule has 0 saturated carbocycles. The quantitative estimate of drug-likeness (QED) is 0.322. The third-order valence-corrected chi connectivity index (χ3v) is 4.85. The maximum Gasteiger partial charge on any atom is 0.191 e. The van der Waals surface area contributed by atoms with Crippen molar-refractivity contribution in [1.82, 2.24) is 25.4 Å². The topological polar surface area (TPSA) is 87.4 Å². The first-order valence-electron chi connectivity index (χ1n) is 7.86. The highest BCUT2D eigenvalue weighted by Gasteiger charge is 2.31. The maximum atomic E-state index is 10.3. The van der Waals surface area contributed by atoms with Gasteiger partial charge in [0.1, 0.15) is 12.2 Å². The minimum Gasteiger partial charge on any atom is -0.387 e. The maximum absolute atomic E-state index is 10.3. The van der Waals surface area contributed by atoms with E-state index in [1.165, 1.54) is 0 Å². The van der Waals surface area contributed by atoms with Crippen molar-refractivity contribution in [3.8, 4) is 0 Å². The molecule has 9 heteroatoms. The molecular weight excluding hydrogens is 427 g/mol. The Labute approximate surface area is 159 Å². The zero-order valence-electron chi connectivity index (χ0n) is 13.8. The van der Waals surface area contributed by atoms with E-state index in [2.05, 4.69) is 32.7 Å². The number of rotatable bonds is 7. The molecule has 132 valence electrons. The number of aliphatic imine (C=N–C) groups is 1. The standard InChI is InChI=1S/C14H26N6OS.HI/c1-3-12-19-18-11-20(12)7-6-16-13(15-4-2)17-9-14(21)5-8-22-10-14;/h11,21H,3-10H2,1-2H3,(H2,15,16,17);1H. The van der Waals surface area contributed by atoms with E-state index in [1.807, 2.05) is 11.5 Å². The molecule has 0 bridgehead atoms. The highest BCUT2D eigenvalue weighted by molar-refractivity contribution is 14.0. The molecule has 1 aromatic rings. The third-order valence-electron chi connectivity index (χ3n) is 3.62. The number of nitrogens with one attached hydrogen (secondary N) is 2. The van der Waals surface area contributed by atoms with Crippen molar-refractivity contribution in [3.63, 3.8) is 0 Å². The van der Waals surface area contributed by atoms with E-state index in [4.69, 9.17) is 0 Å². The number of aryl methyl sites for hydroxylation is 1. The van der Waals surface area contributed by atoms with Crippen molar-refractivity contribution >= 4 is 41.7 Å². The number of nitrogens with zero attached hydrogens (tertiary/aromatic N) is 4. The number of hydrogen-bond donors (Lipinski definition) is 3. The van der Waals surface area contributed by atoms with Gasteiger partial charge in [0.25, 0.3) is 0 Å². The summed E-state index contributed by atoms with van der Waals surface area (Å²) < 4.78 is 2.04. The smallest absolute Gasteiger partial charge is 0.191 e. The lowest BCUT2D eigenvalue weighted by Crippen LogP contribution is -2.41. The van der Waals surface area contributed by atoms with Crippen LogP contribution in [0.1, 0.15) is 26.1 Å². The Morgan fingerprint density at radius 2 is 2.30 bits per heavy atom. The zero-order chi connectivity index (χ0) is 15.8. The van der Waals surface area contributed by atoms with Gasteiger partial charge in [-0.2, -0.15) is 11.8 Å². The van der Waals surface area contributed by atoms with Gasteiger partial charge in [0.05, 0.1) is 12.1 Å². The molecule has 1 fully saturated rings. The lowest BCUT2D eigenvalue weighted by Gasteiger charge is -2.20. The van der Waals surface area contributed by atoms with Crippen LogP contribution in [0.2, 0.25) is 0 Å². The molecule has 1 unspecified atom stereocenters. The van der Waals surface area contributed by atoms with E-state index < -0.39 is 5.60 Å². The van der Waals surface area contributed by atoms with Crippen molar-refractivity contribution in [1.29, 1.82) is 0 Å². The summed E-state index contributed by atoms with van der Waals surface area (Å²) >= 11 is 1.79. The van der Waals surface area contributed by atoms with Gasteiger partial charge >= 0.3 is 0 Å². The molecule has 1 aliphatic heterocycles. The monoisotopic (exact) mass is 454 g/mol. The average molecular weight is 454 g/mol. The summed E-state index contributed by atoms with van der Waals surface area (Å²) in [6.07, 6.45) is 3.45. The number of thioether (sulfide) groups is 1. The van der Waals surface area contributed by atoms with Crippen LogP contribution in [0.5, 0.6) is 0 Å². The lowest BCUT2D eigenvalue weighted by atomic mass is 10.1. The molecule has 0 aliphatic carbocycles. The predicted molar refractivity (Wildman–Crippen MR) is 106 cm³/mol. The van der Waals surface area contributed by atoms with Crippen LogP contribution in [-0.4, -0.2) is 62.6 Å². The van der Waals surface area contributed by atoms with E-state index in [1.54, 1.807) is 18.1 Å². The Bertz CT molecular complexity index is 489. The number of aliphatic hydroxyl groups is 1. The Balaban J connectivity index is 0.00000264. The average Bonchev–Trinajstić information content (AvgIpc) is 3.14. The van der Waals surface area contributed by atoms with Crippen molar-refractivity contribution in [2.75, 3.05) is 31.1 Å². The number of aromatic nitrogens is 3. The predicted octanol–water partition coefficient (Wildman–Crippen LogP) is 0.882. The van der Waals surface area contributed by atoms with Gasteiger partial charge in [-0.25, -0.2) is 0 Å². The van der Waals surface area contributed by atoms with Crippen LogP contribution in [0.4, 0.5) is 0 Å². The van der Waals surface area contributed by atoms with Crippen molar-refractivity contribution in [3.05, 3.63) is 12.2 Å². The molecule has 2 rings (SSSR count). The molecule has 1 aromatic heterocycles. The first-order chi connectivity index (χ1) is 10.7. The Morgan fingerprint density at radius 3 is 2.96 bits per heavy atom. The summed E-state index contributed by atoms with van der Waals surface area (Å²) in [6, 6.07) is 0. The van der Waals surface area contributed by atoms with Gasteiger partial charge in [-0.3, -0.25) is 4.99 Å². The van der Waals surface area contributed by atoms with Gasteiger partial charge in [0.2, 0.25) is 0 Å². The second-order valence-electron chi connectivity index (χ2n) is 5.44. The summed E-state index contributed by atoms with van der Waals surface area (Å²) in [6.45, 7) is 6.88. The molecule has 0 spiro atoms. The van der Waals surface area contributed by atoms with Gasteiger partial charge in [-0.1, -0.05) is 6.92 Å². The number of halogens is 1. The van der Waals surface area contributed by atoms with Crippen molar-refractivity contribution < 1.29 is 5.11 Å². The van der Waals surface area contributed by atoms with E-state index >= 15 is 0 Å². The third kappa shape index (κ3) is 6.46. The Hall–Kier alpha value is -0.550. The summed E-state index contributed by atoms with van der Waals surface area (Å²) in [5.74, 6) is 3.53. The van der Waals surface area contributed by atoms with Crippen LogP contribution in [0.15, 0.2) is 11.3 Å². The van der Waals surface area contributed by atoms with E-state index in [9.17, 15) is 5.11 Å². The molecule has 0 radical (unpaired) electrons. The van der Waals surface area contributed by atoms with Crippen LogP contribution < -0.4 is 10.6 Å². The summed E-state index contributed by atoms with van der Waals surface area (Å²) in [5.41, 5.74) is -0.642. The summed E-state index contributed by atoms with van der Waals surface area (Å²) in [5, 5.41) is 24.9. The SMILES string of the molecule is CCNC(=NCC1(O)CCSC1)NCCn1cnnc1CC.I. The first-order valence-corrected chi connectivity index (χ1v) is 9.01. The summed E-state index contributed by atoms with van der Waals surface area (Å²) in [4.78, 5) is 4.52. The second-order valence-corrected chi connectivity index (χ2v) is 6.55. The van der Waals surface area contributed by atoms with E-state index in [-0.39, 0.29) is 24.0 Å². The highest BCUT2D eigenvalue weighted by Crippen LogP contribution is 2.27. The fourth-order valence-corrected chi connectivity index (χ4v) is 3.61. The number of guanidine groups is 1. The summed E-state index contributed by atoms with van der Waals surface area (Å²) in [7, 11) is 0. The van der Waals surface area contributed by atoms with Crippen molar-refractivity contribution in [2.45, 2.75) is 38.8 Å². The van der Waals surface area contributed by atoms with Crippen LogP contribution in [-0.2, 0) is 13.0 Å². The zero-order valence-corrected chi connectivity index (χ0v) is 16.9. The molecule has 1 aliphatic rings. The Kier molecular flexibility index (Phi) is 9.22. The molecule has 3 N–H and O–H groups in total. The lowest BCUT2D eigenvalue weighted by molar-refractivity contribution is 0.0778. The first kappa shape index (κ1) is 20.5. The Morgan fingerprint density at radius 1 is 1.48 bits per heavy atom. The molecule has 1 atom stereocenters. The molecule has 23 heavy (non-hydrogen) atoms. The van der Waals surface area contributed by atoms with Crippen LogP contribution in [0.3, 0.4) is 0 Å². The van der Waals surface area contributed by atoms with Gasteiger partial charge in [0.15, 0.2) is 5.96 Å². The van der Waals surface area contributed by atoms with Crippen molar-refractivity contribution in [2.24, 2.45) is 4.99 Å².